The number of hydrogen-bond acceptors (Lipinski definition) is 3. The van der Waals surface area contributed by atoms with Gasteiger partial charge in [-0.1, -0.05) is 50.2 Å². The Morgan fingerprint density at radius 3 is 2.10 bits per heavy atom. The zero-order chi connectivity index (χ0) is 15.1. The molecule has 112 valence electrons. The van der Waals surface area contributed by atoms with Crippen LogP contribution in [0, 0.1) is 0 Å². The van der Waals surface area contributed by atoms with Crippen molar-refractivity contribution in [3.05, 3.63) is 59.7 Å². The van der Waals surface area contributed by atoms with Crippen LogP contribution in [-0.4, -0.2) is 13.2 Å². The highest BCUT2D eigenvalue weighted by Gasteiger charge is 2.07. The summed E-state index contributed by atoms with van der Waals surface area (Å²) in [5, 5.41) is 0. The summed E-state index contributed by atoms with van der Waals surface area (Å²) >= 11 is 0. The van der Waals surface area contributed by atoms with E-state index in [1.807, 2.05) is 42.5 Å². The molecule has 2 rings (SSSR count). The van der Waals surface area contributed by atoms with Crippen LogP contribution < -0.4 is 15.2 Å². The van der Waals surface area contributed by atoms with Gasteiger partial charge in [0.25, 0.3) is 0 Å². The zero-order valence-electron chi connectivity index (χ0n) is 12.7. The summed E-state index contributed by atoms with van der Waals surface area (Å²) in [6.07, 6.45) is 0. The van der Waals surface area contributed by atoms with Crippen LogP contribution >= 0.6 is 0 Å². The third-order valence-corrected chi connectivity index (χ3v) is 3.33. The van der Waals surface area contributed by atoms with E-state index in [-0.39, 0.29) is 0 Å². The molecule has 0 atom stereocenters. The molecule has 0 aromatic heterocycles. The first-order valence-corrected chi connectivity index (χ1v) is 7.35. The third kappa shape index (κ3) is 4.23. The quantitative estimate of drug-likeness (QED) is 0.788. The highest BCUT2D eigenvalue weighted by atomic mass is 16.5. The molecule has 0 amide bonds. The minimum absolute atomic E-state index is 0.445. The zero-order valence-corrected chi connectivity index (χ0v) is 12.7. The van der Waals surface area contributed by atoms with E-state index in [2.05, 4.69) is 19.9 Å². The lowest BCUT2D eigenvalue weighted by Gasteiger charge is -2.15. The smallest absolute Gasteiger partial charge is 0.123 e. The normalized spacial score (nSPS) is 10.7. The van der Waals surface area contributed by atoms with Crippen LogP contribution in [0.4, 0.5) is 0 Å². The molecule has 0 radical (unpaired) electrons. The lowest BCUT2D eigenvalue weighted by atomic mass is 10.0. The molecule has 2 aromatic carbocycles. The lowest BCUT2D eigenvalue weighted by Crippen LogP contribution is -2.11. The van der Waals surface area contributed by atoms with Gasteiger partial charge < -0.3 is 15.2 Å². The van der Waals surface area contributed by atoms with E-state index in [9.17, 15) is 0 Å². The van der Waals surface area contributed by atoms with Crippen molar-refractivity contribution in [2.45, 2.75) is 26.3 Å². The molecule has 0 saturated heterocycles. The number of para-hydroxylation sites is 2. The fourth-order valence-corrected chi connectivity index (χ4v) is 2.21. The van der Waals surface area contributed by atoms with Crippen molar-refractivity contribution in [2.75, 3.05) is 13.2 Å². The Labute approximate surface area is 126 Å². The second-order valence-electron chi connectivity index (χ2n) is 5.20. The predicted molar refractivity (Wildman–Crippen MR) is 85.9 cm³/mol. The van der Waals surface area contributed by atoms with Crippen molar-refractivity contribution >= 4 is 0 Å². The summed E-state index contributed by atoms with van der Waals surface area (Å²) in [5.41, 5.74) is 7.92. The molecule has 21 heavy (non-hydrogen) atoms. The highest BCUT2D eigenvalue weighted by Crippen LogP contribution is 2.25. The Morgan fingerprint density at radius 1 is 0.857 bits per heavy atom. The van der Waals surface area contributed by atoms with E-state index in [1.54, 1.807) is 0 Å². The fraction of sp³-hybridized carbons (Fsp3) is 0.333. The molecule has 0 aliphatic carbocycles. The molecule has 0 fully saturated rings. The SMILES string of the molecule is CC(C)c1ccccc1OCCOc1ccccc1CN. The maximum Gasteiger partial charge on any atom is 0.123 e. The number of rotatable bonds is 7. The van der Waals surface area contributed by atoms with E-state index in [0.29, 0.717) is 25.7 Å². The van der Waals surface area contributed by atoms with Gasteiger partial charge in [-0.25, -0.2) is 0 Å². The van der Waals surface area contributed by atoms with E-state index in [4.69, 9.17) is 15.2 Å². The molecule has 0 heterocycles. The maximum absolute atomic E-state index is 5.84. The Morgan fingerprint density at radius 2 is 1.43 bits per heavy atom. The van der Waals surface area contributed by atoms with Crippen LogP contribution in [0.15, 0.2) is 48.5 Å². The average molecular weight is 285 g/mol. The summed E-state index contributed by atoms with van der Waals surface area (Å²) in [4.78, 5) is 0. The fourth-order valence-electron chi connectivity index (χ4n) is 2.21. The molecule has 0 aliphatic rings. The largest absolute Gasteiger partial charge is 0.490 e. The Balaban J connectivity index is 1.88. The first-order valence-electron chi connectivity index (χ1n) is 7.35. The predicted octanol–water partition coefficient (Wildman–Crippen LogP) is 3.73. The standard InChI is InChI=1S/C18H23NO2/c1-14(2)16-8-4-6-10-18(16)21-12-11-20-17-9-5-3-7-15(17)13-19/h3-10,14H,11-13,19H2,1-2H3. The minimum Gasteiger partial charge on any atom is -0.490 e. The van der Waals surface area contributed by atoms with Gasteiger partial charge in [-0.05, 0) is 23.6 Å². The monoisotopic (exact) mass is 285 g/mol. The molecule has 2 aromatic rings. The van der Waals surface area contributed by atoms with Crippen molar-refractivity contribution in [1.82, 2.24) is 0 Å². The van der Waals surface area contributed by atoms with Crippen molar-refractivity contribution in [2.24, 2.45) is 5.73 Å². The topological polar surface area (TPSA) is 44.5 Å². The van der Waals surface area contributed by atoms with Crippen molar-refractivity contribution in [3.8, 4) is 11.5 Å². The number of ether oxygens (including phenoxy) is 2. The summed E-state index contributed by atoms with van der Waals surface area (Å²) in [7, 11) is 0. The van der Waals surface area contributed by atoms with Gasteiger partial charge in [-0.15, -0.1) is 0 Å². The second kappa shape index (κ2) is 7.70. The molecule has 0 unspecified atom stereocenters. The summed E-state index contributed by atoms with van der Waals surface area (Å²) in [6, 6.07) is 16.0. The van der Waals surface area contributed by atoms with Gasteiger partial charge in [0.05, 0.1) is 0 Å². The van der Waals surface area contributed by atoms with Crippen molar-refractivity contribution in [3.63, 3.8) is 0 Å². The Hall–Kier alpha value is -2.00. The Kier molecular flexibility index (Phi) is 5.64. The van der Waals surface area contributed by atoms with Crippen LogP contribution in [-0.2, 0) is 6.54 Å². The molecule has 0 spiro atoms. The number of hydrogen-bond donors (Lipinski definition) is 1. The van der Waals surface area contributed by atoms with Crippen LogP contribution in [0.3, 0.4) is 0 Å². The van der Waals surface area contributed by atoms with Gasteiger partial charge in [0.1, 0.15) is 24.7 Å². The summed E-state index contributed by atoms with van der Waals surface area (Å²) in [6.45, 7) is 5.83. The van der Waals surface area contributed by atoms with Gasteiger partial charge in [0, 0.05) is 12.1 Å². The van der Waals surface area contributed by atoms with E-state index >= 15 is 0 Å². The van der Waals surface area contributed by atoms with E-state index < -0.39 is 0 Å². The van der Waals surface area contributed by atoms with Gasteiger partial charge in [0.2, 0.25) is 0 Å². The molecule has 2 N–H and O–H groups in total. The molecule has 3 nitrogen and oxygen atoms in total. The van der Waals surface area contributed by atoms with Crippen LogP contribution in [0.25, 0.3) is 0 Å². The number of nitrogens with two attached hydrogens (primary N) is 1. The number of benzene rings is 2. The molecule has 3 heteroatoms. The summed E-state index contributed by atoms with van der Waals surface area (Å²) in [5.74, 6) is 2.21. The molecule has 0 bridgehead atoms. The van der Waals surface area contributed by atoms with Crippen LogP contribution in [0.5, 0.6) is 11.5 Å². The minimum atomic E-state index is 0.445. The molecule has 0 saturated carbocycles. The van der Waals surface area contributed by atoms with Crippen molar-refractivity contribution < 1.29 is 9.47 Å². The average Bonchev–Trinajstić information content (AvgIpc) is 2.52. The lowest BCUT2D eigenvalue weighted by molar-refractivity contribution is 0.214. The molecular weight excluding hydrogens is 262 g/mol. The molecular formula is C18H23NO2. The van der Waals surface area contributed by atoms with Crippen LogP contribution in [0.2, 0.25) is 0 Å². The first kappa shape index (κ1) is 15.4. The van der Waals surface area contributed by atoms with Crippen LogP contribution in [0.1, 0.15) is 30.9 Å². The van der Waals surface area contributed by atoms with Gasteiger partial charge in [-0.2, -0.15) is 0 Å². The summed E-state index contributed by atoms with van der Waals surface area (Å²) < 4.78 is 11.6. The third-order valence-electron chi connectivity index (χ3n) is 3.33. The first-order chi connectivity index (χ1) is 10.2. The maximum atomic E-state index is 5.84. The van der Waals surface area contributed by atoms with Gasteiger partial charge in [-0.3, -0.25) is 0 Å². The van der Waals surface area contributed by atoms with Gasteiger partial charge in [0.15, 0.2) is 0 Å². The Bertz CT molecular complexity index is 567. The van der Waals surface area contributed by atoms with Gasteiger partial charge >= 0.3 is 0 Å². The second-order valence-corrected chi connectivity index (χ2v) is 5.20. The van der Waals surface area contributed by atoms with E-state index in [0.717, 1.165) is 17.1 Å². The van der Waals surface area contributed by atoms with E-state index in [1.165, 1.54) is 5.56 Å². The van der Waals surface area contributed by atoms with Crippen molar-refractivity contribution in [1.29, 1.82) is 0 Å². The molecule has 0 aliphatic heterocycles. The highest BCUT2D eigenvalue weighted by molar-refractivity contribution is 5.35.